The third-order valence-corrected chi connectivity index (χ3v) is 4.11. The lowest BCUT2D eigenvalue weighted by Crippen LogP contribution is -2.20. The van der Waals surface area contributed by atoms with Gasteiger partial charge in [-0.05, 0) is 36.6 Å². The minimum atomic E-state index is 0.0691. The molecule has 1 N–H and O–H groups in total. The van der Waals surface area contributed by atoms with Gasteiger partial charge in [-0.15, -0.1) is 0 Å². The van der Waals surface area contributed by atoms with E-state index in [0.717, 1.165) is 12.1 Å². The maximum absolute atomic E-state index is 6.25. The van der Waals surface area contributed by atoms with E-state index in [4.69, 9.17) is 23.2 Å². The van der Waals surface area contributed by atoms with E-state index in [1.165, 1.54) is 11.1 Å². The second kappa shape index (κ2) is 7.26. The standard InChI is InChI=1S/C17H20Cl2N2/c1-11(2)13-6-4-12(5-7-13)8-16(20-3)17-15(19)9-14(18)10-21-17/h4-7,9-11,16,20H,8H2,1-3H3. The van der Waals surface area contributed by atoms with Crippen LogP contribution in [0.5, 0.6) is 0 Å². The number of nitrogens with zero attached hydrogens (tertiary/aromatic N) is 1. The zero-order chi connectivity index (χ0) is 15.4. The Morgan fingerprint density at radius 1 is 1.14 bits per heavy atom. The predicted molar refractivity (Wildman–Crippen MR) is 90.3 cm³/mol. The first kappa shape index (κ1) is 16.3. The summed E-state index contributed by atoms with van der Waals surface area (Å²) in [6.45, 7) is 4.39. The van der Waals surface area contributed by atoms with Gasteiger partial charge in [0.25, 0.3) is 0 Å². The lowest BCUT2D eigenvalue weighted by atomic mass is 9.98. The van der Waals surface area contributed by atoms with E-state index in [1.54, 1.807) is 12.3 Å². The van der Waals surface area contributed by atoms with Crippen LogP contribution in [-0.2, 0) is 6.42 Å². The third kappa shape index (κ3) is 4.19. The highest BCUT2D eigenvalue weighted by atomic mass is 35.5. The second-order valence-electron chi connectivity index (χ2n) is 5.46. The van der Waals surface area contributed by atoms with Gasteiger partial charge >= 0.3 is 0 Å². The highest BCUT2D eigenvalue weighted by molar-refractivity contribution is 6.34. The number of halogens is 2. The minimum absolute atomic E-state index is 0.0691. The first-order valence-electron chi connectivity index (χ1n) is 7.08. The fourth-order valence-corrected chi connectivity index (χ4v) is 2.80. The number of nitrogens with one attached hydrogen (secondary N) is 1. The normalized spacial score (nSPS) is 12.7. The van der Waals surface area contributed by atoms with Crippen LogP contribution in [0.2, 0.25) is 10.0 Å². The van der Waals surface area contributed by atoms with Crippen LogP contribution in [0.25, 0.3) is 0 Å². The quantitative estimate of drug-likeness (QED) is 0.836. The number of hydrogen-bond acceptors (Lipinski definition) is 2. The molecular formula is C17H20Cl2N2. The molecule has 0 aliphatic rings. The lowest BCUT2D eigenvalue weighted by molar-refractivity contribution is 0.576. The van der Waals surface area contributed by atoms with Crippen LogP contribution in [0.15, 0.2) is 36.5 Å². The fraction of sp³-hybridized carbons (Fsp3) is 0.353. The summed E-state index contributed by atoms with van der Waals surface area (Å²) < 4.78 is 0. The molecule has 4 heteroatoms. The first-order valence-corrected chi connectivity index (χ1v) is 7.84. The minimum Gasteiger partial charge on any atom is -0.311 e. The molecule has 0 saturated carbocycles. The number of rotatable bonds is 5. The molecule has 2 aromatic rings. The van der Waals surface area contributed by atoms with E-state index in [9.17, 15) is 0 Å². The topological polar surface area (TPSA) is 24.9 Å². The van der Waals surface area contributed by atoms with Crippen molar-refractivity contribution in [2.75, 3.05) is 7.05 Å². The van der Waals surface area contributed by atoms with Crippen molar-refractivity contribution in [3.8, 4) is 0 Å². The Kier molecular flexibility index (Phi) is 5.63. The van der Waals surface area contributed by atoms with Crippen molar-refractivity contribution in [1.82, 2.24) is 10.3 Å². The number of aromatic nitrogens is 1. The van der Waals surface area contributed by atoms with Crippen molar-refractivity contribution in [1.29, 1.82) is 0 Å². The van der Waals surface area contributed by atoms with Crippen LogP contribution in [0.4, 0.5) is 0 Å². The average Bonchev–Trinajstić information content (AvgIpc) is 2.46. The molecule has 0 fully saturated rings. The van der Waals surface area contributed by atoms with E-state index < -0.39 is 0 Å². The van der Waals surface area contributed by atoms with E-state index in [-0.39, 0.29) is 6.04 Å². The smallest absolute Gasteiger partial charge is 0.0763 e. The summed E-state index contributed by atoms with van der Waals surface area (Å²) in [6, 6.07) is 10.5. The monoisotopic (exact) mass is 322 g/mol. The van der Waals surface area contributed by atoms with Gasteiger partial charge in [-0.1, -0.05) is 61.3 Å². The summed E-state index contributed by atoms with van der Waals surface area (Å²) in [6.07, 6.45) is 2.47. The lowest BCUT2D eigenvalue weighted by Gasteiger charge is -2.17. The van der Waals surface area contributed by atoms with Crippen LogP contribution in [0.1, 0.15) is 42.6 Å². The molecule has 2 nitrogen and oxygen atoms in total. The average molecular weight is 323 g/mol. The number of hydrogen-bond donors (Lipinski definition) is 1. The third-order valence-electron chi connectivity index (χ3n) is 3.60. The predicted octanol–water partition coefficient (Wildman–Crippen LogP) is 5.02. The molecule has 1 unspecified atom stereocenters. The maximum atomic E-state index is 6.25. The van der Waals surface area contributed by atoms with Gasteiger partial charge in [-0.25, -0.2) is 0 Å². The molecule has 2 rings (SSSR count). The van der Waals surface area contributed by atoms with Crippen molar-refractivity contribution < 1.29 is 0 Å². The summed E-state index contributed by atoms with van der Waals surface area (Å²) in [4.78, 5) is 4.36. The zero-order valence-corrected chi connectivity index (χ0v) is 14.0. The van der Waals surface area contributed by atoms with Gasteiger partial charge < -0.3 is 5.32 Å². The summed E-state index contributed by atoms with van der Waals surface area (Å²) >= 11 is 12.2. The summed E-state index contributed by atoms with van der Waals surface area (Å²) in [5, 5.41) is 4.43. The largest absolute Gasteiger partial charge is 0.311 e. The molecule has 1 atom stereocenters. The highest BCUT2D eigenvalue weighted by Crippen LogP contribution is 2.26. The van der Waals surface area contributed by atoms with Crippen molar-refractivity contribution in [2.45, 2.75) is 32.2 Å². The molecule has 0 radical (unpaired) electrons. The van der Waals surface area contributed by atoms with Gasteiger partial charge in [0.15, 0.2) is 0 Å². The van der Waals surface area contributed by atoms with Crippen molar-refractivity contribution in [2.24, 2.45) is 0 Å². The van der Waals surface area contributed by atoms with Crippen LogP contribution in [0.3, 0.4) is 0 Å². The molecular weight excluding hydrogens is 303 g/mol. The molecule has 1 aromatic carbocycles. The number of pyridine rings is 1. The molecule has 112 valence electrons. The summed E-state index contributed by atoms with van der Waals surface area (Å²) in [7, 11) is 1.92. The van der Waals surface area contributed by atoms with Crippen LogP contribution >= 0.6 is 23.2 Å². The van der Waals surface area contributed by atoms with E-state index >= 15 is 0 Å². The van der Waals surface area contributed by atoms with E-state index in [0.29, 0.717) is 16.0 Å². The van der Waals surface area contributed by atoms with Crippen molar-refractivity contribution >= 4 is 23.2 Å². The van der Waals surface area contributed by atoms with Gasteiger partial charge in [-0.3, -0.25) is 4.98 Å². The molecule has 0 amide bonds. The Bertz CT molecular complexity index is 594. The van der Waals surface area contributed by atoms with Crippen molar-refractivity contribution in [3.05, 3.63) is 63.4 Å². The number of likely N-dealkylation sites (N-methyl/N-ethyl adjacent to an activating group) is 1. The van der Waals surface area contributed by atoms with Gasteiger partial charge in [-0.2, -0.15) is 0 Å². The highest BCUT2D eigenvalue weighted by Gasteiger charge is 2.15. The van der Waals surface area contributed by atoms with Crippen molar-refractivity contribution in [3.63, 3.8) is 0 Å². The molecule has 1 heterocycles. The van der Waals surface area contributed by atoms with Gasteiger partial charge in [0.1, 0.15) is 0 Å². The Morgan fingerprint density at radius 2 is 1.81 bits per heavy atom. The van der Waals surface area contributed by atoms with Gasteiger partial charge in [0, 0.05) is 6.20 Å². The Balaban J connectivity index is 2.18. The Hall–Kier alpha value is -1.09. The van der Waals surface area contributed by atoms with Crippen LogP contribution in [-0.4, -0.2) is 12.0 Å². The fourth-order valence-electron chi connectivity index (χ4n) is 2.29. The van der Waals surface area contributed by atoms with Crippen LogP contribution < -0.4 is 5.32 Å². The molecule has 0 spiro atoms. The first-order chi connectivity index (χ1) is 10.0. The SMILES string of the molecule is CNC(Cc1ccc(C(C)C)cc1)c1ncc(Cl)cc1Cl. The molecule has 0 saturated heterocycles. The molecule has 0 aliphatic heterocycles. The second-order valence-corrected chi connectivity index (χ2v) is 6.31. The molecule has 21 heavy (non-hydrogen) atoms. The Labute approximate surface area is 136 Å². The maximum Gasteiger partial charge on any atom is 0.0763 e. The van der Waals surface area contributed by atoms with E-state index in [2.05, 4.69) is 48.4 Å². The number of benzene rings is 1. The Morgan fingerprint density at radius 3 is 2.33 bits per heavy atom. The summed E-state index contributed by atoms with van der Waals surface area (Å²) in [5.41, 5.74) is 3.44. The molecule has 0 aliphatic carbocycles. The molecule has 0 bridgehead atoms. The van der Waals surface area contributed by atoms with Gasteiger partial charge in [0.2, 0.25) is 0 Å². The van der Waals surface area contributed by atoms with E-state index in [1.807, 2.05) is 7.05 Å². The van der Waals surface area contributed by atoms with Crippen LogP contribution in [0, 0.1) is 0 Å². The zero-order valence-electron chi connectivity index (χ0n) is 12.5. The summed E-state index contributed by atoms with van der Waals surface area (Å²) in [5.74, 6) is 0.548. The van der Waals surface area contributed by atoms with Gasteiger partial charge in [0.05, 0.1) is 21.8 Å². The molecule has 1 aromatic heterocycles.